The van der Waals surface area contributed by atoms with Gasteiger partial charge in [-0.3, -0.25) is 0 Å². The Balaban J connectivity index is 2.58. The average Bonchev–Trinajstić information content (AvgIpc) is 2.23. The molecule has 0 heterocycles. The van der Waals surface area contributed by atoms with Gasteiger partial charge in [-0.25, -0.2) is 17.2 Å². The Hall–Kier alpha value is -1.05. The highest BCUT2D eigenvalue weighted by atomic mass is 32.2. The zero-order valence-electron chi connectivity index (χ0n) is 10.7. The molecule has 0 radical (unpaired) electrons. The molecule has 0 bridgehead atoms. The van der Waals surface area contributed by atoms with Crippen LogP contribution in [0.4, 0.5) is 8.78 Å². The summed E-state index contributed by atoms with van der Waals surface area (Å²) in [6.07, 6.45) is -0.0519. The van der Waals surface area contributed by atoms with Crippen LogP contribution < -0.4 is 5.32 Å². The van der Waals surface area contributed by atoms with Gasteiger partial charge < -0.3 is 10.4 Å². The summed E-state index contributed by atoms with van der Waals surface area (Å²) in [5.74, 6) is -1.62. The molecule has 0 amide bonds. The molecule has 108 valence electrons. The summed E-state index contributed by atoms with van der Waals surface area (Å²) >= 11 is 0. The Morgan fingerprint density at radius 1 is 1.37 bits per heavy atom. The van der Waals surface area contributed by atoms with Crippen molar-refractivity contribution in [3.63, 3.8) is 0 Å². The van der Waals surface area contributed by atoms with E-state index in [1.54, 1.807) is 6.92 Å². The minimum atomic E-state index is -3.12. The molecule has 0 aliphatic heterocycles. The third-order valence-corrected chi connectivity index (χ3v) is 3.64. The lowest BCUT2D eigenvalue weighted by Crippen LogP contribution is -2.35. The standard InChI is InChI=1S/C12H17F2NO3S/c1-8(7-19(2,17)18)15-6-12(16)10-4-3-9(13)5-11(10)14/h3-5,8,12,15-16H,6-7H2,1-2H3. The van der Waals surface area contributed by atoms with Crippen molar-refractivity contribution < 1.29 is 22.3 Å². The van der Waals surface area contributed by atoms with Crippen LogP contribution in [0, 0.1) is 11.6 Å². The molecule has 1 aromatic carbocycles. The molecule has 0 fully saturated rings. The van der Waals surface area contributed by atoms with Crippen LogP contribution in [0.25, 0.3) is 0 Å². The van der Waals surface area contributed by atoms with Gasteiger partial charge in [-0.05, 0) is 13.0 Å². The Kier molecular flexibility index (Phi) is 5.39. The summed E-state index contributed by atoms with van der Waals surface area (Å²) in [4.78, 5) is 0. The van der Waals surface area contributed by atoms with Crippen molar-refractivity contribution in [1.29, 1.82) is 0 Å². The first kappa shape index (κ1) is 16.0. The van der Waals surface area contributed by atoms with Crippen molar-refractivity contribution in [2.24, 2.45) is 0 Å². The van der Waals surface area contributed by atoms with E-state index in [2.05, 4.69) is 5.32 Å². The van der Waals surface area contributed by atoms with Gasteiger partial charge in [0.2, 0.25) is 0 Å². The third-order valence-electron chi connectivity index (χ3n) is 2.53. The maximum Gasteiger partial charge on any atom is 0.148 e. The topological polar surface area (TPSA) is 66.4 Å². The molecule has 0 saturated carbocycles. The quantitative estimate of drug-likeness (QED) is 0.822. The van der Waals surface area contributed by atoms with Crippen molar-refractivity contribution in [1.82, 2.24) is 5.32 Å². The van der Waals surface area contributed by atoms with Gasteiger partial charge in [0, 0.05) is 30.5 Å². The molecule has 2 N–H and O–H groups in total. The minimum absolute atomic E-state index is 0.0146. The van der Waals surface area contributed by atoms with Crippen LogP contribution in [0.15, 0.2) is 18.2 Å². The molecule has 1 aromatic rings. The van der Waals surface area contributed by atoms with Gasteiger partial charge >= 0.3 is 0 Å². The van der Waals surface area contributed by atoms with E-state index >= 15 is 0 Å². The van der Waals surface area contributed by atoms with E-state index in [9.17, 15) is 22.3 Å². The van der Waals surface area contributed by atoms with Crippen molar-refractivity contribution in [2.75, 3.05) is 18.6 Å². The summed E-state index contributed by atoms with van der Waals surface area (Å²) in [7, 11) is -3.12. The molecular weight excluding hydrogens is 276 g/mol. The van der Waals surface area contributed by atoms with Crippen LogP contribution in [0.3, 0.4) is 0 Å². The molecule has 7 heteroatoms. The van der Waals surface area contributed by atoms with Crippen LogP contribution in [0.5, 0.6) is 0 Å². The van der Waals surface area contributed by atoms with E-state index in [0.29, 0.717) is 6.07 Å². The zero-order chi connectivity index (χ0) is 14.6. The Bertz CT molecular complexity index is 534. The molecular formula is C12H17F2NO3S. The molecule has 0 aromatic heterocycles. The predicted molar refractivity (Wildman–Crippen MR) is 68.5 cm³/mol. The van der Waals surface area contributed by atoms with Gasteiger partial charge in [0.05, 0.1) is 11.9 Å². The lowest BCUT2D eigenvalue weighted by molar-refractivity contribution is 0.167. The van der Waals surface area contributed by atoms with Gasteiger partial charge in [-0.1, -0.05) is 6.07 Å². The Morgan fingerprint density at radius 2 is 2.00 bits per heavy atom. The van der Waals surface area contributed by atoms with Crippen LogP contribution in [0.2, 0.25) is 0 Å². The number of hydrogen-bond acceptors (Lipinski definition) is 4. The van der Waals surface area contributed by atoms with Crippen molar-refractivity contribution in [3.05, 3.63) is 35.4 Å². The average molecular weight is 293 g/mol. The van der Waals surface area contributed by atoms with E-state index in [-0.39, 0.29) is 23.9 Å². The maximum absolute atomic E-state index is 13.4. The highest BCUT2D eigenvalue weighted by Crippen LogP contribution is 2.17. The van der Waals surface area contributed by atoms with Crippen LogP contribution in [0.1, 0.15) is 18.6 Å². The van der Waals surface area contributed by atoms with E-state index < -0.39 is 27.6 Å². The summed E-state index contributed by atoms with van der Waals surface area (Å²) in [5.41, 5.74) is -0.0274. The SMILES string of the molecule is CC(CS(C)(=O)=O)NCC(O)c1ccc(F)cc1F. The number of aliphatic hydroxyl groups excluding tert-OH is 1. The fourth-order valence-corrected chi connectivity index (χ4v) is 2.73. The smallest absolute Gasteiger partial charge is 0.148 e. The molecule has 2 unspecified atom stereocenters. The van der Waals surface area contributed by atoms with Crippen molar-refractivity contribution >= 4 is 9.84 Å². The molecule has 1 rings (SSSR count). The van der Waals surface area contributed by atoms with Gasteiger partial charge in [-0.15, -0.1) is 0 Å². The van der Waals surface area contributed by atoms with Gasteiger partial charge in [0.15, 0.2) is 0 Å². The monoisotopic (exact) mass is 293 g/mol. The molecule has 4 nitrogen and oxygen atoms in total. The van der Waals surface area contributed by atoms with Gasteiger partial charge in [-0.2, -0.15) is 0 Å². The van der Waals surface area contributed by atoms with Gasteiger partial charge in [0.25, 0.3) is 0 Å². The summed E-state index contributed by atoms with van der Waals surface area (Å²) < 4.78 is 48.2. The highest BCUT2D eigenvalue weighted by Gasteiger charge is 2.16. The second-order valence-electron chi connectivity index (χ2n) is 4.58. The lowest BCUT2D eigenvalue weighted by Gasteiger charge is -2.17. The van der Waals surface area contributed by atoms with E-state index in [4.69, 9.17) is 0 Å². The fraction of sp³-hybridized carbons (Fsp3) is 0.500. The number of sulfone groups is 1. The third kappa shape index (κ3) is 5.63. The summed E-state index contributed by atoms with van der Waals surface area (Å²) in [5, 5.41) is 12.6. The first-order valence-corrected chi connectivity index (χ1v) is 7.79. The van der Waals surface area contributed by atoms with Crippen LogP contribution in [-0.2, 0) is 9.84 Å². The maximum atomic E-state index is 13.4. The summed E-state index contributed by atoms with van der Waals surface area (Å²) in [6.45, 7) is 1.63. The predicted octanol–water partition coefficient (Wildman–Crippen LogP) is 1.02. The minimum Gasteiger partial charge on any atom is -0.387 e. The number of nitrogens with one attached hydrogen (secondary N) is 1. The normalized spacial score (nSPS) is 15.2. The van der Waals surface area contributed by atoms with Crippen LogP contribution in [-0.4, -0.2) is 38.1 Å². The van der Waals surface area contributed by atoms with Gasteiger partial charge in [0.1, 0.15) is 21.5 Å². The molecule has 19 heavy (non-hydrogen) atoms. The Morgan fingerprint density at radius 3 is 2.53 bits per heavy atom. The van der Waals surface area contributed by atoms with Crippen LogP contribution >= 0.6 is 0 Å². The highest BCUT2D eigenvalue weighted by molar-refractivity contribution is 7.90. The van der Waals surface area contributed by atoms with E-state index in [1.807, 2.05) is 0 Å². The molecule has 0 aliphatic carbocycles. The zero-order valence-corrected chi connectivity index (χ0v) is 11.5. The number of benzene rings is 1. The van der Waals surface area contributed by atoms with E-state index in [1.165, 1.54) is 0 Å². The Labute approximate surface area is 111 Å². The first-order valence-electron chi connectivity index (χ1n) is 5.73. The second kappa shape index (κ2) is 6.40. The molecule has 2 atom stereocenters. The number of hydrogen-bond donors (Lipinski definition) is 2. The number of aliphatic hydroxyl groups is 1. The fourth-order valence-electron chi connectivity index (χ4n) is 1.71. The lowest BCUT2D eigenvalue weighted by atomic mass is 10.1. The van der Waals surface area contributed by atoms with Crippen molar-refractivity contribution in [3.8, 4) is 0 Å². The second-order valence-corrected chi connectivity index (χ2v) is 6.77. The molecule has 0 spiro atoms. The molecule has 0 aliphatic rings. The van der Waals surface area contributed by atoms with Crippen molar-refractivity contribution in [2.45, 2.75) is 19.1 Å². The largest absolute Gasteiger partial charge is 0.387 e. The molecule has 0 saturated heterocycles. The summed E-state index contributed by atoms with van der Waals surface area (Å²) in [6, 6.07) is 2.55. The number of rotatable bonds is 6. The number of halogens is 2. The van der Waals surface area contributed by atoms with E-state index in [0.717, 1.165) is 18.4 Å². The first-order chi connectivity index (χ1) is 8.69.